The van der Waals surface area contributed by atoms with Gasteiger partial charge in [0.1, 0.15) is 11.9 Å². The maximum absolute atomic E-state index is 10.3. The Morgan fingerprint density at radius 1 is 1.32 bits per heavy atom. The molecule has 0 aliphatic carbocycles. The van der Waals surface area contributed by atoms with Crippen molar-refractivity contribution in [1.82, 2.24) is 9.78 Å². The van der Waals surface area contributed by atoms with Gasteiger partial charge in [0.15, 0.2) is 0 Å². The molecule has 4 heteroatoms. The molecule has 4 nitrogen and oxygen atoms in total. The molecule has 1 aliphatic heterocycles. The van der Waals surface area contributed by atoms with Gasteiger partial charge < -0.3 is 9.84 Å². The fourth-order valence-corrected chi connectivity index (χ4v) is 2.59. The van der Waals surface area contributed by atoms with Crippen LogP contribution in [0.15, 0.2) is 24.4 Å². The first-order chi connectivity index (χ1) is 9.06. The molecule has 0 radical (unpaired) electrons. The van der Waals surface area contributed by atoms with E-state index < -0.39 is 6.10 Å². The lowest BCUT2D eigenvalue weighted by Gasteiger charge is -2.29. The van der Waals surface area contributed by atoms with Crippen molar-refractivity contribution in [2.45, 2.75) is 32.5 Å². The minimum atomic E-state index is -0.478. The van der Waals surface area contributed by atoms with Gasteiger partial charge in [-0.2, -0.15) is 5.10 Å². The van der Waals surface area contributed by atoms with Crippen molar-refractivity contribution in [3.8, 4) is 5.75 Å². The van der Waals surface area contributed by atoms with Crippen LogP contribution in [-0.2, 0) is 7.05 Å². The van der Waals surface area contributed by atoms with Crippen molar-refractivity contribution < 1.29 is 9.84 Å². The van der Waals surface area contributed by atoms with Crippen LogP contribution in [-0.4, -0.2) is 14.9 Å². The topological polar surface area (TPSA) is 47.3 Å². The highest BCUT2D eigenvalue weighted by atomic mass is 16.5. The number of aliphatic hydroxyl groups is 1. The first kappa shape index (κ1) is 12.2. The van der Waals surface area contributed by atoms with Crippen LogP contribution in [0.2, 0.25) is 0 Å². The number of rotatable bonds is 1. The van der Waals surface area contributed by atoms with E-state index in [-0.39, 0.29) is 6.10 Å². The summed E-state index contributed by atoms with van der Waals surface area (Å²) in [6.07, 6.45) is 1.79. The zero-order chi connectivity index (χ0) is 13.6. The third-order valence-electron chi connectivity index (χ3n) is 3.85. The zero-order valence-corrected chi connectivity index (χ0v) is 11.4. The molecule has 2 heterocycles. The van der Waals surface area contributed by atoms with Crippen molar-refractivity contribution >= 4 is 0 Å². The summed E-state index contributed by atoms with van der Waals surface area (Å²) in [5, 5.41) is 14.5. The quantitative estimate of drug-likeness (QED) is 0.855. The molecule has 0 fully saturated rings. The number of hydrogen-bond donors (Lipinski definition) is 1. The number of fused-ring (bicyclic) bond motifs is 1. The highest BCUT2D eigenvalue weighted by Gasteiger charge is 2.29. The number of aliphatic hydroxyl groups excluding tert-OH is 1. The first-order valence-electron chi connectivity index (χ1n) is 6.50. The predicted octanol–water partition coefficient (Wildman–Crippen LogP) is 2.59. The van der Waals surface area contributed by atoms with Crippen LogP contribution in [0.25, 0.3) is 0 Å². The molecule has 0 bridgehead atoms. The molecule has 0 spiro atoms. The van der Waals surface area contributed by atoms with Crippen LogP contribution >= 0.6 is 0 Å². The summed E-state index contributed by atoms with van der Waals surface area (Å²) in [5.74, 6) is 0.776. The van der Waals surface area contributed by atoms with Crippen LogP contribution in [0, 0.1) is 13.8 Å². The molecular weight excluding hydrogens is 240 g/mol. The van der Waals surface area contributed by atoms with Crippen LogP contribution in [0.3, 0.4) is 0 Å². The molecule has 1 aromatic carbocycles. The molecule has 100 valence electrons. The molecule has 1 aromatic heterocycles. The second kappa shape index (κ2) is 4.38. The molecule has 2 atom stereocenters. The van der Waals surface area contributed by atoms with Crippen LogP contribution < -0.4 is 4.74 Å². The summed E-state index contributed by atoms with van der Waals surface area (Å²) < 4.78 is 7.85. The molecule has 0 amide bonds. The van der Waals surface area contributed by atoms with Gasteiger partial charge in [0, 0.05) is 30.3 Å². The van der Waals surface area contributed by atoms with Crippen LogP contribution in [0.4, 0.5) is 0 Å². The Morgan fingerprint density at radius 2 is 2.11 bits per heavy atom. The van der Waals surface area contributed by atoms with Gasteiger partial charge in [-0.1, -0.05) is 11.6 Å². The van der Waals surface area contributed by atoms with E-state index in [4.69, 9.17) is 4.74 Å². The third-order valence-corrected chi connectivity index (χ3v) is 3.85. The van der Waals surface area contributed by atoms with E-state index >= 15 is 0 Å². The summed E-state index contributed by atoms with van der Waals surface area (Å²) in [7, 11) is 1.91. The van der Waals surface area contributed by atoms with Gasteiger partial charge in [-0.25, -0.2) is 0 Å². The Hall–Kier alpha value is -1.81. The second-order valence-electron chi connectivity index (χ2n) is 5.21. The number of nitrogens with zero attached hydrogens (tertiary/aromatic N) is 2. The predicted molar refractivity (Wildman–Crippen MR) is 72.1 cm³/mol. The maximum atomic E-state index is 10.3. The Balaban J connectivity index is 1.97. The van der Waals surface area contributed by atoms with Crippen molar-refractivity contribution in [3.05, 3.63) is 46.8 Å². The monoisotopic (exact) mass is 258 g/mol. The zero-order valence-electron chi connectivity index (χ0n) is 11.4. The number of aryl methyl sites for hydroxylation is 2. The minimum Gasteiger partial charge on any atom is -0.485 e. The fourth-order valence-electron chi connectivity index (χ4n) is 2.59. The van der Waals surface area contributed by atoms with E-state index in [1.807, 2.05) is 50.0 Å². The van der Waals surface area contributed by atoms with E-state index in [0.29, 0.717) is 6.42 Å². The standard InChI is InChI=1S/C15H18N2O2/c1-9-4-5-14-11(6-9)13(18)7-15(19-14)12-8-16-17(3)10(12)2/h4-6,8,13,15,18H,7H2,1-3H3. The Kier molecular flexibility index (Phi) is 2.82. The highest BCUT2D eigenvalue weighted by molar-refractivity contribution is 5.41. The van der Waals surface area contributed by atoms with Gasteiger partial charge in [-0.3, -0.25) is 4.68 Å². The molecule has 1 N–H and O–H groups in total. The third kappa shape index (κ3) is 2.02. The lowest BCUT2D eigenvalue weighted by Crippen LogP contribution is -2.19. The smallest absolute Gasteiger partial charge is 0.130 e. The number of benzene rings is 1. The molecule has 3 rings (SSSR count). The molecule has 2 aromatic rings. The van der Waals surface area contributed by atoms with Gasteiger partial charge in [0.2, 0.25) is 0 Å². The van der Waals surface area contributed by atoms with Crippen molar-refractivity contribution in [3.63, 3.8) is 0 Å². The molecule has 19 heavy (non-hydrogen) atoms. The van der Waals surface area contributed by atoms with Gasteiger partial charge in [0.05, 0.1) is 12.3 Å². The lowest BCUT2D eigenvalue weighted by atomic mass is 9.94. The van der Waals surface area contributed by atoms with E-state index in [2.05, 4.69) is 5.10 Å². The average molecular weight is 258 g/mol. The summed E-state index contributed by atoms with van der Waals surface area (Å²) in [4.78, 5) is 0. The largest absolute Gasteiger partial charge is 0.485 e. The Morgan fingerprint density at radius 3 is 2.79 bits per heavy atom. The second-order valence-corrected chi connectivity index (χ2v) is 5.21. The van der Waals surface area contributed by atoms with E-state index in [1.165, 1.54) is 0 Å². The summed E-state index contributed by atoms with van der Waals surface area (Å²) >= 11 is 0. The molecule has 0 saturated heterocycles. The maximum Gasteiger partial charge on any atom is 0.130 e. The van der Waals surface area contributed by atoms with Crippen molar-refractivity contribution in [2.24, 2.45) is 7.05 Å². The first-order valence-corrected chi connectivity index (χ1v) is 6.50. The molecule has 0 saturated carbocycles. The molecule has 2 unspecified atom stereocenters. The SMILES string of the molecule is Cc1ccc2c(c1)C(O)CC(c1cnn(C)c1C)O2. The van der Waals surface area contributed by atoms with Gasteiger partial charge >= 0.3 is 0 Å². The van der Waals surface area contributed by atoms with E-state index in [1.54, 1.807) is 0 Å². The number of ether oxygens (including phenoxy) is 1. The van der Waals surface area contributed by atoms with Crippen molar-refractivity contribution in [2.75, 3.05) is 0 Å². The lowest BCUT2D eigenvalue weighted by molar-refractivity contribution is 0.0653. The van der Waals surface area contributed by atoms with Crippen molar-refractivity contribution in [1.29, 1.82) is 0 Å². The number of aromatic nitrogens is 2. The Bertz CT molecular complexity index is 619. The van der Waals surface area contributed by atoms with Crippen LogP contribution in [0.5, 0.6) is 5.75 Å². The normalized spacial score (nSPS) is 21.9. The summed E-state index contributed by atoms with van der Waals surface area (Å²) in [5.41, 5.74) is 4.15. The fraction of sp³-hybridized carbons (Fsp3) is 0.400. The molecule has 1 aliphatic rings. The Labute approximate surface area is 112 Å². The van der Waals surface area contributed by atoms with E-state index in [0.717, 1.165) is 28.1 Å². The summed E-state index contributed by atoms with van der Waals surface area (Å²) in [6.45, 7) is 4.03. The van der Waals surface area contributed by atoms with Gasteiger partial charge in [0.25, 0.3) is 0 Å². The minimum absolute atomic E-state index is 0.126. The average Bonchev–Trinajstić information content (AvgIpc) is 2.71. The van der Waals surface area contributed by atoms with Gasteiger partial charge in [-0.05, 0) is 26.0 Å². The molecular formula is C15H18N2O2. The van der Waals surface area contributed by atoms with Gasteiger partial charge in [-0.15, -0.1) is 0 Å². The summed E-state index contributed by atoms with van der Waals surface area (Å²) in [6, 6.07) is 5.93. The van der Waals surface area contributed by atoms with Crippen LogP contribution in [0.1, 0.15) is 41.0 Å². The van der Waals surface area contributed by atoms with E-state index in [9.17, 15) is 5.11 Å². The highest BCUT2D eigenvalue weighted by Crippen LogP contribution is 2.41. The number of hydrogen-bond acceptors (Lipinski definition) is 3.